The van der Waals surface area contributed by atoms with Gasteiger partial charge in [-0.3, -0.25) is 4.90 Å². The summed E-state index contributed by atoms with van der Waals surface area (Å²) in [4.78, 5) is 2.57. The summed E-state index contributed by atoms with van der Waals surface area (Å²) < 4.78 is 13.5. The van der Waals surface area contributed by atoms with Crippen molar-refractivity contribution < 1.29 is 4.39 Å². The van der Waals surface area contributed by atoms with Crippen LogP contribution in [0.15, 0.2) is 24.3 Å². The number of rotatable bonds is 2. The number of likely N-dealkylation sites (tertiary alicyclic amines) is 1. The molecule has 2 aliphatic rings. The van der Waals surface area contributed by atoms with E-state index in [9.17, 15) is 4.39 Å². The van der Waals surface area contributed by atoms with E-state index in [2.05, 4.69) is 11.0 Å². The van der Waals surface area contributed by atoms with Gasteiger partial charge in [-0.05, 0) is 37.0 Å². The Kier molecular flexibility index (Phi) is 2.91. The molecule has 1 saturated heterocycles. The van der Waals surface area contributed by atoms with Gasteiger partial charge in [-0.25, -0.2) is 4.39 Å². The molecule has 17 heavy (non-hydrogen) atoms. The highest BCUT2D eigenvalue weighted by Gasteiger charge is 2.41. The predicted octanol–water partition coefficient (Wildman–Crippen LogP) is 3.69. The van der Waals surface area contributed by atoms with E-state index in [0.29, 0.717) is 0 Å². The van der Waals surface area contributed by atoms with Crippen LogP contribution in [0.1, 0.15) is 44.1 Å². The number of nitrogens with zero attached hydrogens (tertiary/aromatic N) is 1. The van der Waals surface area contributed by atoms with Gasteiger partial charge in [-0.1, -0.05) is 31.4 Å². The molecule has 3 rings (SSSR count). The average Bonchev–Trinajstić information content (AvgIpc) is 2.28. The van der Waals surface area contributed by atoms with Crippen LogP contribution in [0.4, 0.5) is 4.39 Å². The summed E-state index contributed by atoms with van der Waals surface area (Å²) in [6.45, 7) is 2.38. The van der Waals surface area contributed by atoms with E-state index in [1.807, 2.05) is 6.07 Å². The van der Waals surface area contributed by atoms with Crippen molar-refractivity contribution in [3.63, 3.8) is 0 Å². The summed E-state index contributed by atoms with van der Waals surface area (Å²) in [6.07, 6.45) is 7.62. The van der Waals surface area contributed by atoms with Gasteiger partial charge < -0.3 is 0 Å². The zero-order chi connectivity index (χ0) is 11.7. The Balaban J connectivity index is 1.97. The van der Waals surface area contributed by atoms with E-state index < -0.39 is 0 Å². The lowest BCUT2D eigenvalue weighted by molar-refractivity contribution is -0.00298. The van der Waals surface area contributed by atoms with E-state index in [-0.39, 0.29) is 11.4 Å². The molecule has 1 nitrogen and oxygen atoms in total. The third kappa shape index (κ3) is 1.89. The highest BCUT2D eigenvalue weighted by Crippen LogP contribution is 2.44. The van der Waals surface area contributed by atoms with E-state index in [1.54, 1.807) is 12.1 Å². The van der Waals surface area contributed by atoms with Gasteiger partial charge in [-0.2, -0.15) is 0 Å². The minimum absolute atomic E-state index is 0.0898. The molecule has 1 saturated carbocycles. The summed E-state index contributed by atoms with van der Waals surface area (Å²) >= 11 is 0. The van der Waals surface area contributed by atoms with Crippen LogP contribution < -0.4 is 0 Å². The Hall–Kier alpha value is -0.890. The van der Waals surface area contributed by atoms with Gasteiger partial charge in [0.05, 0.1) is 0 Å². The molecule has 1 aliphatic heterocycles. The first-order chi connectivity index (χ1) is 8.31. The molecular weight excluding hydrogens is 213 g/mol. The maximum atomic E-state index is 13.5. The fourth-order valence-electron chi connectivity index (χ4n) is 3.45. The van der Waals surface area contributed by atoms with Crippen molar-refractivity contribution in [3.05, 3.63) is 35.6 Å². The number of halogens is 1. The summed E-state index contributed by atoms with van der Waals surface area (Å²) in [6, 6.07) is 7.29. The topological polar surface area (TPSA) is 3.24 Å². The molecule has 2 heteroatoms. The van der Waals surface area contributed by atoms with E-state index in [0.717, 1.165) is 0 Å². The standard InChI is InChI=1S/C15H20FN/c16-14-7-4-6-13(12-14)15(17-10-5-11-17)8-2-1-3-9-15/h4,6-7,12H,1-3,5,8-11H2. The molecule has 92 valence electrons. The lowest BCUT2D eigenvalue weighted by atomic mass is 9.74. The largest absolute Gasteiger partial charge is 0.294 e. The average molecular weight is 233 g/mol. The molecule has 1 aromatic carbocycles. The summed E-state index contributed by atoms with van der Waals surface area (Å²) in [5.41, 5.74) is 1.36. The second-order valence-electron chi connectivity index (χ2n) is 5.44. The molecule has 0 atom stereocenters. The van der Waals surface area contributed by atoms with Crippen molar-refractivity contribution in [1.29, 1.82) is 0 Å². The van der Waals surface area contributed by atoms with Gasteiger partial charge in [0.2, 0.25) is 0 Å². The lowest BCUT2D eigenvalue weighted by Gasteiger charge is -2.51. The Bertz CT molecular complexity index is 392. The SMILES string of the molecule is Fc1cccc(C2(N3CCC3)CCCCC2)c1. The quantitative estimate of drug-likeness (QED) is 0.753. The minimum atomic E-state index is -0.0898. The van der Waals surface area contributed by atoms with Gasteiger partial charge >= 0.3 is 0 Å². The number of benzene rings is 1. The third-order valence-corrected chi connectivity index (χ3v) is 4.50. The molecular formula is C15H20FN. The molecule has 0 aromatic heterocycles. The summed E-state index contributed by atoms with van der Waals surface area (Å²) in [5, 5.41) is 0. The highest BCUT2D eigenvalue weighted by molar-refractivity contribution is 5.27. The van der Waals surface area contributed by atoms with Gasteiger partial charge in [0.1, 0.15) is 5.82 Å². The highest BCUT2D eigenvalue weighted by atomic mass is 19.1. The second-order valence-corrected chi connectivity index (χ2v) is 5.44. The first kappa shape index (κ1) is 11.2. The fraction of sp³-hybridized carbons (Fsp3) is 0.600. The molecule has 2 fully saturated rings. The summed E-state index contributed by atoms with van der Waals surface area (Å²) in [5.74, 6) is -0.0898. The van der Waals surface area contributed by atoms with Gasteiger partial charge in [0.25, 0.3) is 0 Å². The Morgan fingerprint density at radius 1 is 1.00 bits per heavy atom. The normalized spacial score (nSPS) is 24.3. The van der Waals surface area contributed by atoms with Crippen LogP contribution in [-0.4, -0.2) is 18.0 Å². The van der Waals surface area contributed by atoms with Crippen LogP contribution in [0.2, 0.25) is 0 Å². The van der Waals surface area contributed by atoms with Crippen molar-refractivity contribution in [2.45, 2.75) is 44.1 Å². The smallest absolute Gasteiger partial charge is 0.123 e. The van der Waals surface area contributed by atoms with E-state index in [1.165, 1.54) is 57.2 Å². The van der Waals surface area contributed by atoms with Crippen LogP contribution in [0, 0.1) is 5.82 Å². The third-order valence-electron chi connectivity index (χ3n) is 4.50. The van der Waals surface area contributed by atoms with Gasteiger partial charge in [0.15, 0.2) is 0 Å². The Labute approximate surface area is 103 Å². The van der Waals surface area contributed by atoms with Crippen molar-refractivity contribution in [1.82, 2.24) is 4.90 Å². The molecule has 1 aliphatic carbocycles. The molecule has 1 aromatic rings. The van der Waals surface area contributed by atoms with Crippen LogP contribution >= 0.6 is 0 Å². The van der Waals surface area contributed by atoms with Crippen LogP contribution in [-0.2, 0) is 5.54 Å². The molecule has 0 spiro atoms. The second kappa shape index (κ2) is 4.41. The molecule has 0 unspecified atom stereocenters. The van der Waals surface area contributed by atoms with Crippen LogP contribution in [0.5, 0.6) is 0 Å². The fourth-order valence-corrected chi connectivity index (χ4v) is 3.45. The van der Waals surface area contributed by atoms with Crippen LogP contribution in [0.25, 0.3) is 0 Å². The first-order valence-corrected chi connectivity index (χ1v) is 6.82. The van der Waals surface area contributed by atoms with Crippen molar-refractivity contribution in [3.8, 4) is 0 Å². The summed E-state index contributed by atoms with van der Waals surface area (Å²) in [7, 11) is 0. The minimum Gasteiger partial charge on any atom is -0.294 e. The van der Waals surface area contributed by atoms with Gasteiger partial charge in [-0.15, -0.1) is 0 Å². The van der Waals surface area contributed by atoms with E-state index in [4.69, 9.17) is 0 Å². The molecule has 1 heterocycles. The Morgan fingerprint density at radius 3 is 2.35 bits per heavy atom. The molecule has 0 bridgehead atoms. The van der Waals surface area contributed by atoms with Crippen LogP contribution in [0.3, 0.4) is 0 Å². The number of hydrogen-bond acceptors (Lipinski definition) is 1. The van der Waals surface area contributed by atoms with Gasteiger partial charge in [0, 0.05) is 18.6 Å². The maximum Gasteiger partial charge on any atom is 0.123 e. The zero-order valence-electron chi connectivity index (χ0n) is 10.3. The molecule has 0 amide bonds. The van der Waals surface area contributed by atoms with Crippen molar-refractivity contribution in [2.24, 2.45) is 0 Å². The van der Waals surface area contributed by atoms with Crippen molar-refractivity contribution in [2.75, 3.05) is 13.1 Å². The van der Waals surface area contributed by atoms with Crippen molar-refractivity contribution >= 4 is 0 Å². The molecule has 0 N–H and O–H groups in total. The first-order valence-electron chi connectivity index (χ1n) is 6.82. The Morgan fingerprint density at radius 2 is 1.76 bits per heavy atom. The maximum absolute atomic E-state index is 13.5. The molecule has 0 radical (unpaired) electrons. The zero-order valence-corrected chi connectivity index (χ0v) is 10.3. The number of hydrogen-bond donors (Lipinski definition) is 0. The van der Waals surface area contributed by atoms with E-state index >= 15 is 0 Å². The lowest BCUT2D eigenvalue weighted by Crippen LogP contribution is -2.54. The predicted molar refractivity (Wildman–Crippen MR) is 67.4 cm³/mol. The monoisotopic (exact) mass is 233 g/mol.